The predicted molar refractivity (Wildman–Crippen MR) is 137 cm³/mol. The summed E-state index contributed by atoms with van der Waals surface area (Å²) in [4.78, 5) is 25.8. The van der Waals surface area contributed by atoms with Crippen molar-refractivity contribution in [2.45, 2.75) is 112 Å². The lowest BCUT2D eigenvalue weighted by Gasteiger charge is -2.71. The Kier molecular flexibility index (Phi) is 5.43. The van der Waals surface area contributed by atoms with Gasteiger partial charge in [0.2, 0.25) is 0 Å². The maximum absolute atomic E-state index is 12.9. The molecule has 1 N–H and O–H groups in total. The monoisotopic (exact) mass is 484 g/mol. The van der Waals surface area contributed by atoms with E-state index in [9.17, 15) is 14.7 Å². The van der Waals surface area contributed by atoms with Crippen LogP contribution in [0.15, 0.2) is 11.6 Å². The normalized spacial score (nSPS) is 52.8. The van der Waals surface area contributed by atoms with Crippen LogP contribution in [0.2, 0.25) is 0 Å². The lowest BCUT2D eigenvalue weighted by atomic mass is 9.33. The number of Topliss-reactive ketones (excluding diaryl/α,β-unsaturated/α-hetero) is 1. The number of allylic oxidation sites excluding steroid dienone is 2. The summed E-state index contributed by atoms with van der Waals surface area (Å²) in [7, 11) is 1.47. The fourth-order valence-corrected chi connectivity index (χ4v) is 10.7. The average molecular weight is 485 g/mol. The molecule has 5 aliphatic rings. The van der Waals surface area contributed by atoms with Crippen molar-refractivity contribution in [1.82, 2.24) is 0 Å². The molecule has 9 atom stereocenters. The van der Waals surface area contributed by atoms with Crippen molar-refractivity contribution < 1.29 is 19.4 Å². The van der Waals surface area contributed by atoms with E-state index in [1.54, 1.807) is 0 Å². The Labute approximate surface area is 212 Å². The van der Waals surface area contributed by atoms with Gasteiger partial charge < -0.3 is 9.84 Å². The van der Waals surface area contributed by atoms with Crippen molar-refractivity contribution in [2.24, 2.45) is 50.2 Å². The minimum atomic E-state index is -0.646. The van der Waals surface area contributed by atoms with Gasteiger partial charge >= 0.3 is 5.97 Å². The molecule has 0 heterocycles. The van der Waals surface area contributed by atoms with E-state index in [2.05, 4.69) is 47.6 Å². The molecule has 0 unspecified atom stereocenters. The topological polar surface area (TPSA) is 63.6 Å². The van der Waals surface area contributed by atoms with E-state index < -0.39 is 11.5 Å². The molecule has 4 heteroatoms. The summed E-state index contributed by atoms with van der Waals surface area (Å²) in [6.45, 7) is 16.2. The van der Waals surface area contributed by atoms with Crippen molar-refractivity contribution in [3.05, 3.63) is 11.6 Å². The molecule has 5 aliphatic carbocycles. The Balaban J connectivity index is 1.58. The minimum absolute atomic E-state index is 0.0494. The number of aliphatic hydroxyl groups excluding tert-OH is 1. The zero-order valence-electron chi connectivity index (χ0n) is 23.4. The lowest BCUT2D eigenvalue weighted by Crippen LogP contribution is -2.65. The fourth-order valence-electron chi connectivity index (χ4n) is 10.7. The Bertz CT molecular complexity index is 980. The molecule has 4 fully saturated rings. The number of ether oxygens (including phenoxy) is 1. The van der Waals surface area contributed by atoms with Crippen molar-refractivity contribution in [3.8, 4) is 0 Å². The highest BCUT2D eigenvalue weighted by atomic mass is 16.5. The summed E-state index contributed by atoms with van der Waals surface area (Å²) in [6, 6.07) is 0. The molecule has 4 saturated carbocycles. The molecule has 0 radical (unpaired) electrons. The van der Waals surface area contributed by atoms with Crippen LogP contribution in [0.5, 0.6) is 0 Å². The predicted octanol–water partition coefficient (Wildman–Crippen LogP) is 6.50. The summed E-state index contributed by atoms with van der Waals surface area (Å²) in [5, 5.41) is 11.4. The zero-order valence-corrected chi connectivity index (χ0v) is 23.4. The van der Waals surface area contributed by atoms with Gasteiger partial charge in [-0.25, -0.2) is 0 Å². The molecule has 0 spiro atoms. The van der Waals surface area contributed by atoms with E-state index in [1.165, 1.54) is 12.7 Å². The number of methoxy groups -OCH3 is 1. The van der Waals surface area contributed by atoms with Gasteiger partial charge in [-0.1, -0.05) is 53.2 Å². The molecule has 0 saturated heterocycles. The smallest absolute Gasteiger partial charge is 0.311 e. The second kappa shape index (κ2) is 7.45. The third-order valence-corrected chi connectivity index (χ3v) is 13.3. The van der Waals surface area contributed by atoms with E-state index in [0.717, 1.165) is 44.9 Å². The van der Waals surface area contributed by atoms with Crippen LogP contribution in [0.1, 0.15) is 106 Å². The molecule has 0 aromatic heterocycles. The largest absolute Gasteiger partial charge is 0.469 e. The zero-order chi connectivity index (χ0) is 25.8. The Hall–Kier alpha value is -1.16. The summed E-state index contributed by atoms with van der Waals surface area (Å²) in [6.07, 6.45) is 10.4. The van der Waals surface area contributed by atoms with Crippen molar-refractivity contribution in [2.75, 3.05) is 7.11 Å². The highest BCUT2D eigenvalue weighted by molar-refractivity contribution is 5.85. The molecule has 5 rings (SSSR count). The van der Waals surface area contributed by atoms with Gasteiger partial charge in [-0.05, 0) is 92.3 Å². The first-order chi connectivity index (χ1) is 16.1. The third kappa shape index (κ3) is 3.01. The first-order valence-electron chi connectivity index (χ1n) is 14.1. The third-order valence-electron chi connectivity index (χ3n) is 13.3. The van der Waals surface area contributed by atoms with Crippen LogP contribution < -0.4 is 0 Å². The van der Waals surface area contributed by atoms with Crippen molar-refractivity contribution >= 4 is 11.8 Å². The number of carbonyl (C=O) groups excluding carboxylic acids is 2. The SMILES string of the molecule is COC(=O)[C@]1(C)C[C@H](O)[C@]2(C)CC[C@]3(C)C(=CC[C@@H]4[C@@]5(C)CCC(=O)C(C)(C)[C@H]5CC[C@]43C)[C@@H]2C1. The van der Waals surface area contributed by atoms with E-state index in [-0.39, 0.29) is 39.0 Å². The summed E-state index contributed by atoms with van der Waals surface area (Å²) < 4.78 is 5.22. The number of rotatable bonds is 1. The first-order valence-corrected chi connectivity index (χ1v) is 14.1. The van der Waals surface area contributed by atoms with Crippen LogP contribution in [-0.4, -0.2) is 30.1 Å². The quantitative estimate of drug-likeness (QED) is 0.341. The number of ketones is 1. The first kappa shape index (κ1) is 25.5. The van der Waals surface area contributed by atoms with E-state index in [1.807, 2.05) is 6.92 Å². The second-order valence-electron chi connectivity index (χ2n) is 15.0. The maximum Gasteiger partial charge on any atom is 0.311 e. The van der Waals surface area contributed by atoms with Gasteiger partial charge in [0.25, 0.3) is 0 Å². The van der Waals surface area contributed by atoms with Gasteiger partial charge in [0.15, 0.2) is 0 Å². The number of aliphatic hydroxyl groups is 1. The van der Waals surface area contributed by atoms with Crippen LogP contribution in [0.25, 0.3) is 0 Å². The molecule has 0 aliphatic heterocycles. The maximum atomic E-state index is 12.9. The Morgan fingerprint density at radius 1 is 0.943 bits per heavy atom. The van der Waals surface area contributed by atoms with Gasteiger partial charge in [0.05, 0.1) is 18.6 Å². The van der Waals surface area contributed by atoms with Gasteiger partial charge in [-0.3, -0.25) is 9.59 Å². The van der Waals surface area contributed by atoms with Crippen LogP contribution in [0.4, 0.5) is 0 Å². The van der Waals surface area contributed by atoms with E-state index >= 15 is 0 Å². The molecular weight excluding hydrogens is 436 g/mol. The highest BCUT2D eigenvalue weighted by Crippen LogP contribution is 2.75. The Morgan fingerprint density at radius 2 is 1.63 bits per heavy atom. The Morgan fingerprint density at radius 3 is 2.29 bits per heavy atom. The van der Waals surface area contributed by atoms with Crippen LogP contribution >= 0.6 is 0 Å². The molecule has 0 aromatic rings. The van der Waals surface area contributed by atoms with Crippen LogP contribution in [0, 0.1) is 50.2 Å². The standard InChI is InChI=1S/C31H48O4/c1-26(2)21-11-14-31(7)22(29(21,5)13-12-23(26)32)10-9-19-20-17-27(3,25(34)35-8)18-24(33)28(20,4)15-16-30(19,31)6/h9,20-22,24,33H,10-18H2,1-8H3/t20-,21+,22+,24-,27-,28+,29-,30+,31+/m0/s1. The van der Waals surface area contributed by atoms with Crippen molar-refractivity contribution in [1.29, 1.82) is 0 Å². The fraction of sp³-hybridized carbons (Fsp3) is 0.871. The van der Waals surface area contributed by atoms with Gasteiger partial charge in [0, 0.05) is 17.3 Å². The average Bonchev–Trinajstić information content (AvgIpc) is 2.78. The molecule has 35 heavy (non-hydrogen) atoms. The number of hydrogen-bond donors (Lipinski definition) is 1. The van der Waals surface area contributed by atoms with Gasteiger partial charge in [-0.2, -0.15) is 0 Å². The van der Waals surface area contributed by atoms with Crippen LogP contribution in [0.3, 0.4) is 0 Å². The van der Waals surface area contributed by atoms with Gasteiger partial charge in [0.1, 0.15) is 5.78 Å². The second-order valence-corrected chi connectivity index (χ2v) is 15.0. The minimum Gasteiger partial charge on any atom is -0.469 e. The number of esters is 1. The summed E-state index contributed by atoms with van der Waals surface area (Å²) >= 11 is 0. The van der Waals surface area contributed by atoms with Crippen LogP contribution in [-0.2, 0) is 14.3 Å². The molecule has 0 aromatic carbocycles. The van der Waals surface area contributed by atoms with Crippen molar-refractivity contribution in [3.63, 3.8) is 0 Å². The lowest BCUT2D eigenvalue weighted by molar-refractivity contribution is -0.194. The summed E-state index contributed by atoms with van der Waals surface area (Å²) in [5.74, 6) is 1.46. The molecule has 0 amide bonds. The van der Waals surface area contributed by atoms with Gasteiger partial charge in [-0.15, -0.1) is 0 Å². The molecule has 4 nitrogen and oxygen atoms in total. The number of hydrogen-bond acceptors (Lipinski definition) is 4. The molecule has 196 valence electrons. The molecule has 0 bridgehead atoms. The highest BCUT2D eigenvalue weighted by Gasteiger charge is 2.69. The van der Waals surface area contributed by atoms with E-state index in [4.69, 9.17) is 4.74 Å². The number of fused-ring (bicyclic) bond motifs is 7. The summed E-state index contributed by atoms with van der Waals surface area (Å²) in [5.41, 5.74) is 0.808. The van der Waals surface area contributed by atoms with E-state index in [0.29, 0.717) is 30.5 Å². The number of carbonyl (C=O) groups is 2. The molecular formula is C31H48O4.